The normalized spacial score (nSPS) is 10.0. The Balaban J connectivity index is 2.51. The average molecular weight is 195 g/mol. The first-order chi connectivity index (χ1) is 5.86. The maximum atomic E-state index is 10.8. The Bertz CT molecular complexity index is 418. The largest absolute Gasteiger partial charge is 0.306 e. The summed E-state index contributed by atoms with van der Waals surface area (Å²) in [6, 6.07) is 9.71. The number of hydrogen-bond donors (Lipinski definition) is 0. The highest BCUT2D eigenvalue weighted by Gasteiger charge is 2.01. The Morgan fingerprint density at radius 2 is 1.92 bits per heavy atom. The highest BCUT2D eigenvalue weighted by molar-refractivity contribution is 7.25. The van der Waals surface area contributed by atoms with Crippen LogP contribution in [-0.2, 0) is 0 Å². The Hall–Kier alpha value is -1.00. The van der Waals surface area contributed by atoms with Gasteiger partial charge in [0, 0.05) is 17.1 Å². The highest BCUT2D eigenvalue weighted by Crippen LogP contribution is 2.19. The average Bonchev–Trinajstić information content (AvgIpc) is 2.54. The lowest BCUT2D eigenvalue weighted by molar-refractivity contribution is 1.57. The third kappa shape index (κ3) is 1.44. The van der Waals surface area contributed by atoms with Crippen LogP contribution in [-0.4, -0.2) is 4.37 Å². The van der Waals surface area contributed by atoms with Crippen molar-refractivity contribution >= 4 is 22.9 Å². The molecule has 0 saturated carbocycles. The molecule has 0 aliphatic heterocycles. The lowest BCUT2D eigenvalue weighted by Crippen LogP contribution is -1.75. The molecular weight excluding hydrogens is 190 g/mol. The maximum absolute atomic E-state index is 10.8. The fraction of sp³-hybridized carbons (Fsp3) is 0. The standard InChI is InChI=1S/C8H5NOS2/c10-8-11-7(9-12-8)6-4-2-1-3-5-6/h1-5H. The second-order valence-corrected chi connectivity index (χ2v) is 4.16. The molecule has 0 radical (unpaired) electrons. The van der Waals surface area contributed by atoms with Crippen LogP contribution in [0.3, 0.4) is 0 Å². The van der Waals surface area contributed by atoms with E-state index in [1.54, 1.807) is 0 Å². The van der Waals surface area contributed by atoms with E-state index < -0.39 is 0 Å². The maximum Gasteiger partial charge on any atom is 0.306 e. The molecule has 0 saturated heterocycles. The molecule has 0 N–H and O–H groups in total. The van der Waals surface area contributed by atoms with Crippen LogP contribution in [0.25, 0.3) is 10.6 Å². The summed E-state index contributed by atoms with van der Waals surface area (Å²) < 4.78 is 4.08. The number of rotatable bonds is 1. The van der Waals surface area contributed by atoms with Gasteiger partial charge in [-0.2, -0.15) is 4.37 Å². The molecule has 60 valence electrons. The Kier molecular flexibility index (Phi) is 2.01. The highest BCUT2D eigenvalue weighted by atomic mass is 32.2. The summed E-state index contributed by atoms with van der Waals surface area (Å²) in [6.45, 7) is 0. The van der Waals surface area contributed by atoms with Crippen molar-refractivity contribution in [2.45, 2.75) is 0 Å². The quantitative estimate of drug-likeness (QED) is 0.698. The molecular formula is C8H5NOS2. The van der Waals surface area contributed by atoms with E-state index in [1.807, 2.05) is 30.3 Å². The Morgan fingerprint density at radius 3 is 2.50 bits per heavy atom. The molecule has 2 aromatic rings. The fourth-order valence-corrected chi connectivity index (χ4v) is 2.32. The number of aromatic nitrogens is 1. The van der Waals surface area contributed by atoms with Gasteiger partial charge < -0.3 is 0 Å². The monoisotopic (exact) mass is 195 g/mol. The van der Waals surface area contributed by atoms with Crippen LogP contribution < -0.4 is 4.06 Å². The van der Waals surface area contributed by atoms with Crippen LogP contribution >= 0.6 is 22.9 Å². The van der Waals surface area contributed by atoms with Gasteiger partial charge in [-0.3, -0.25) is 4.79 Å². The topological polar surface area (TPSA) is 30.0 Å². The van der Waals surface area contributed by atoms with E-state index in [9.17, 15) is 4.79 Å². The van der Waals surface area contributed by atoms with Crippen molar-refractivity contribution in [3.05, 3.63) is 39.2 Å². The predicted molar refractivity (Wildman–Crippen MR) is 51.7 cm³/mol. The Labute approximate surface area is 77.3 Å². The van der Waals surface area contributed by atoms with Crippen molar-refractivity contribution in [2.24, 2.45) is 0 Å². The van der Waals surface area contributed by atoms with Crippen molar-refractivity contribution in [1.29, 1.82) is 0 Å². The van der Waals surface area contributed by atoms with E-state index >= 15 is 0 Å². The number of hydrogen-bond acceptors (Lipinski definition) is 4. The zero-order valence-corrected chi connectivity index (χ0v) is 7.69. The van der Waals surface area contributed by atoms with Gasteiger partial charge >= 0.3 is 4.06 Å². The molecule has 0 atom stereocenters. The van der Waals surface area contributed by atoms with E-state index in [2.05, 4.69) is 4.37 Å². The predicted octanol–water partition coefficient (Wildman–Crippen LogP) is 2.23. The van der Waals surface area contributed by atoms with Gasteiger partial charge in [-0.25, -0.2) is 0 Å². The molecule has 12 heavy (non-hydrogen) atoms. The summed E-state index contributed by atoms with van der Waals surface area (Å²) in [6.07, 6.45) is 0. The number of benzene rings is 1. The number of nitrogens with zero attached hydrogens (tertiary/aromatic N) is 1. The minimum Gasteiger partial charge on any atom is -0.264 e. The summed E-state index contributed by atoms with van der Waals surface area (Å²) in [5, 5.41) is 0.811. The molecule has 1 heterocycles. The van der Waals surface area contributed by atoms with Crippen molar-refractivity contribution in [1.82, 2.24) is 4.37 Å². The van der Waals surface area contributed by atoms with E-state index in [0.717, 1.165) is 22.1 Å². The summed E-state index contributed by atoms with van der Waals surface area (Å²) in [7, 11) is 0. The molecule has 0 spiro atoms. The smallest absolute Gasteiger partial charge is 0.264 e. The minimum absolute atomic E-state index is 0.0499. The molecule has 1 aromatic carbocycles. The van der Waals surface area contributed by atoms with Crippen LogP contribution in [0, 0.1) is 0 Å². The second kappa shape index (κ2) is 3.16. The van der Waals surface area contributed by atoms with Crippen LogP contribution in [0.2, 0.25) is 0 Å². The minimum atomic E-state index is 0.0499. The molecule has 0 bridgehead atoms. The van der Waals surface area contributed by atoms with Gasteiger partial charge in [-0.15, -0.1) is 0 Å². The summed E-state index contributed by atoms with van der Waals surface area (Å²) in [5.41, 5.74) is 1.01. The molecule has 2 nitrogen and oxygen atoms in total. The van der Waals surface area contributed by atoms with Gasteiger partial charge in [0.1, 0.15) is 5.01 Å². The van der Waals surface area contributed by atoms with Gasteiger partial charge in [-0.05, 0) is 0 Å². The van der Waals surface area contributed by atoms with Crippen molar-refractivity contribution in [3.8, 4) is 10.6 Å². The summed E-state index contributed by atoms with van der Waals surface area (Å²) >= 11 is 2.20. The van der Waals surface area contributed by atoms with Crippen molar-refractivity contribution in [3.63, 3.8) is 0 Å². The van der Waals surface area contributed by atoms with Crippen LogP contribution in [0.1, 0.15) is 0 Å². The van der Waals surface area contributed by atoms with E-state index in [4.69, 9.17) is 0 Å². The van der Waals surface area contributed by atoms with Crippen molar-refractivity contribution in [2.75, 3.05) is 0 Å². The zero-order valence-electron chi connectivity index (χ0n) is 6.06. The summed E-state index contributed by atoms with van der Waals surface area (Å²) in [4.78, 5) is 10.8. The molecule has 2 rings (SSSR count). The lowest BCUT2D eigenvalue weighted by Gasteiger charge is -1.90. The molecule has 0 aliphatic carbocycles. The molecule has 4 heteroatoms. The van der Waals surface area contributed by atoms with Crippen molar-refractivity contribution < 1.29 is 0 Å². The van der Waals surface area contributed by atoms with Crippen LogP contribution in [0.5, 0.6) is 0 Å². The van der Waals surface area contributed by atoms with Gasteiger partial charge in [0.15, 0.2) is 0 Å². The van der Waals surface area contributed by atoms with Gasteiger partial charge in [0.05, 0.1) is 0 Å². The first-order valence-corrected chi connectivity index (χ1v) is 4.97. The molecule has 0 unspecified atom stereocenters. The molecule has 0 fully saturated rings. The zero-order chi connectivity index (χ0) is 8.39. The fourth-order valence-electron chi connectivity index (χ4n) is 0.887. The third-order valence-corrected chi connectivity index (χ3v) is 3.10. The van der Waals surface area contributed by atoms with E-state index in [0.29, 0.717) is 0 Å². The van der Waals surface area contributed by atoms with Gasteiger partial charge in [0.25, 0.3) is 0 Å². The second-order valence-electron chi connectivity index (χ2n) is 2.21. The molecule has 0 aliphatic rings. The van der Waals surface area contributed by atoms with Crippen LogP contribution in [0.4, 0.5) is 0 Å². The van der Waals surface area contributed by atoms with Gasteiger partial charge in [-0.1, -0.05) is 41.7 Å². The first-order valence-electron chi connectivity index (χ1n) is 3.38. The SMILES string of the molecule is O=c1snc(-c2ccccc2)s1. The van der Waals surface area contributed by atoms with Gasteiger partial charge in [0.2, 0.25) is 0 Å². The first kappa shape index (κ1) is 7.64. The van der Waals surface area contributed by atoms with E-state index in [-0.39, 0.29) is 4.06 Å². The third-order valence-electron chi connectivity index (χ3n) is 1.40. The van der Waals surface area contributed by atoms with E-state index in [1.165, 1.54) is 11.3 Å². The molecule has 0 amide bonds. The summed E-state index contributed by atoms with van der Waals surface area (Å²) in [5.74, 6) is 0. The van der Waals surface area contributed by atoms with Crippen LogP contribution in [0.15, 0.2) is 35.1 Å². The molecule has 1 aromatic heterocycles. The lowest BCUT2D eigenvalue weighted by atomic mass is 10.2. The Morgan fingerprint density at radius 1 is 1.17 bits per heavy atom.